The van der Waals surface area contributed by atoms with Gasteiger partial charge in [-0.15, -0.1) is 0 Å². The molecule has 0 heterocycles. The molecule has 0 saturated heterocycles. The first-order chi connectivity index (χ1) is 9.45. The summed E-state index contributed by atoms with van der Waals surface area (Å²) in [6.07, 6.45) is 0. The Morgan fingerprint density at radius 1 is 0.950 bits per heavy atom. The molecule has 0 aliphatic heterocycles. The second-order valence-corrected chi connectivity index (χ2v) is 4.89. The van der Waals surface area contributed by atoms with Crippen molar-refractivity contribution in [2.24, 2.45) is 5.84 Å². The number of nitrogens with one attached hydrogen (secondary N) is 1. The van der Waals surface area contributed by atoms with Crippen molar-refractivity contribution in [1.82, 2.24) is 5.43 Å². The van der Waals surface area contributed by atoms with Crippen LogP contribution >= 0.6 is 15.9 Å². The molecule has 0 saturated carbocycles. The van der Waals surface area contributed by atoms with Gasteiger partial charge in [0, 0.05) is 5.56 Å². The van der Waals surface area contributed by atoms with Gasteiger partial charge in [0.25, 0.3) is 0 Å². The van der Waals surface area contributed by atoms with Gasteiger partial charge in [-0.3, -0.25) is 5.84 Å². The summed E-state index contributed by atoms with van der Waals surface area (Å²) in [7, 11) is 0. The highest BCUT2D eigenvalue weighted by Gasteiger charge is 2.22. The first kappa shape index (κ1) is 15.0. The molecule has 0 bridgehead atoms. The molecule has 7 heteroatoms. The smallest absolute Gasteiger partial charge is 0.194 e. The highest BCUT2D eigenvalue weighted by molar-refractivity contribution is 9.10. The van der Waals surface area contributed by atoms with Crippen LogP contribution in [0.4, 0.5) is 17.6 Å². The summed E-state index contributed by atoms with van der Waals surface area (Å²) in [5.74, 6) is 0.474. The van der Waals surface area contributed by atoms with E-state index in [2.05, 4.69) is 21.4 Å². The molecular weight excluding hydrogens is 340 g/mol. The molecule has 2 aromatic carbocycles. The lowest BCUT2D eigenvalue weighted by molar-refractivity contribution is 0.433. The first-order valence-corrected chi connectivity index (χ1v) is 6.29. The van der Waals surface area contributed by atoms with Gasteiger partial charge < -0.3 is 0 Å². The Kier molecular flexibility index (Phi) is 4.42. The molecule has 2 nitrogen and oxygen atoms in total. The molecule has 1 unspecified atom stereocenters. The fourth-order valence-electron chi connectivity index (χ4n) is 1.82. The normalized spacial score (nSPS) is 12.5. The molecule has 0 aliphatic rings. The highest BCUT2D eigenvalue weighted by Crippen LogP contribution is 2.28. The number of halogens is 5. The minimum atomic E-state index is -1.60. The third-order valence-electron chi connectivity index (χ3n) is 2.82. The lowest BCUT2D eigenvalue weighted by Crippen LogP contribution is -2.30. The third kappa shape index (κ3) is 2.70. The molecule has 2 aromatic rings. The van der Waals surface area contributed by atoms with Crippen LogP contribution in [0, 0.1) is 23.3 Å². The van der Waals surface area contributed by atoms with Gasteiger partial charge in [-0.1, -0.05) is 12.1 Å². The standard InChI is InChI=1S/C13H9BrF4N2/c14-8-3-1-6(5-10(8)16)13(20-19)7-2-4-9(15)12(18)11(7)17/h1-5,13,20H,19H2. The van der Waals surface area contributed by atoms with Gasteiger partial charge in [-0.2, -0.15) is 0 Å². The topological polar surface area (TPSA) is 38.0 Å². The molecule has 106 valence electrons. The lowest BCUT2D eigenvalue weighted by atomic mass is 9.98. The summed E-state index contributed by atoms with van der Waals surface area (Å²) in [6, 6.07) is 4.85. The van der Waals surface area contributed by atoms with Crippen molar-refractivity contribution in [3.8, 4) is 0 Å². The zero-order valence-electron chi connectivity index (χ0n) is 9.93. The number of rotatable bonds is 3. The van der Waals surface area contributed by atoms with Crippen LogP contribution in [0.25, 0.3) is 0 Å². The third-order valence-corrected chi connectivity index (χ3v) is 3.46. The summed E-state index contributed by atoms with van der Waals surface area (Å²) in [4.78, 5) is 0. The largest absolute Gasteiger partial charge is 0.271 e. The molecule has 2 rings (SSSR count). The number of nitrogens with two attached hydrogens (primary N) is 1. The van der Waals surface area contributed by atoms with Crippen LogP contribution in [-0.4, -0.2) is 0 Å². The minimum absolute atomic E-state index is 0.215. The number of benzene rings is 2. The maximum atomic E-state index is 13.8. The molecule has 0 aliphatic carbocycles. The van der Waals surface area contributed by atoms with Gasteiger partial charge in [0.15, 0.2) is 17.5 Å². The molecule has 0 radical (unpaired) electrons. The molecule has 0 amide bonds. The zero-order chi connectivity index (χ0) is 14.9. The number of hydrogen-bond acceptors (Lipinski definition) is 2. The number of hydrazine groups is 1. The number of hydrogen-bond donors (Lipinski definition) is 2. The van der Waals surface area contributed by atoms with Crippen LogP contribution < -0.4 is 11.3 Å². The van der Waals surface area contributed by atoms with Crippen LogP contribution in [-0.2, 0) is 0 Å². The van der Waals surface area contributed by atoms with E-state index < -0.39 is 29.3 Å². The van der Waals surface area contributed by atoms with Gasteiger partial charge in [0.05, 0.1) is 10.5 Å². The quantitative estimate of drug-likeness (QED) is 0.385. The van der Waals surface area contributed by atoms with Crippen molar-refractivity contribution in [3.63, 3.8) is 0 Å². The van der Waals surface area contributed by atoms with E-state index in [-0.39, 0.29) is 15.6 Å². The highest BCUT2D eigenvalue weighted by atomic mass is 79.9. The van der Waals surface area contributed by atoms with Gasteiger partial charge in [0.1, 0.15) is 5.82 Å². The summed E-state index contributed by atoms with van der Waals surface area (Å²) >= 11 is 2.98. The van der Waals surface area contributed by atoms with Crippen LogP contribution in [0.15, 0.2) is 34.8 Å². The zero-order valence-corrected chi connectivity index (χ0v) is 11.5. The Morgan fingerprint density at radius 2 is 1.65 bits per heavy atom. The van der Waals surface area contributed by atoms with Crippen molar-refractivity contribution < 1.29 is 17.6 Å². The minimum Gasteiger partial charge on any atom is -0.271 e. The van der Waals surface area contributed by atoms with Crippen molar-refractivity contribution in [1.29, 1.82) is 0 Å². The fraction of sp³-hybridized carbons (Fsp3) is 0.0769. The summed E-state index contributed by atoms with van der Waals surface area (Å²) < 4.78 is 53.6. The summed E-state index contributed by atoms with van der Waals surface area (Å²) in [6.45, 7) is 0. The first-order valence-electron chi connectivity index (χ1n) is 5.50. The predicted octanol–water partition coefficient (Wildman–Crippen LogP) is 3.56. The summed E-state index contributed by atoms with van der Waals surface area (Å²) in [5, 5.41) is 0. The van der Waals surface area contributed by atoms with E-state index in [9.17, 15) is 17.6 Å². The van der Waals surface area contributed by atoms with Gasteiger partial charge >= 0.3 is 0 Å². The Morgan fingerprint density at radius 3 is 2.25 bits per heavy atom. The van der Waals surface area contributed by atoms with Crippen LogP contribution in [0.2, 0.25) is 0 Å². The molecule has 0 spiro atoms. The van der Waals surface area contributed by atoms with Crippen LogP contribution in [0.1, 0.15) is 17.2 Å². The fourth-order valence-corrected chi connectivity index (χ4v) is 2.07. The van der Waals surface area contributed by atoms with Crippen molar-refractivity contribution in [3.05, 3.63) is 69.2 Å². The van der Waals surface area contributed by atoms with Crippen LogP contribution in [0.3, 0.4) is 0 Å². The molecular formula is C13H9BrF4N2. The van der Waals surface area contributed by atoms with Gasteiger partial charge in [-0.05, 0) is 39.7 Å². The second-order valence-electron chi connectivity index (χ2n) is 4.04. The molecule has 1 atom stereocenters. The van der Waals surface area contributed by atoms with Gasteiger partial charge in [0.2, 0.25) is 0 Å². The van der Waals surface area contributed by atoms with E-state index in [0.29, 0.717) is 0 Å². The Hall–Kier alpha value is -1.44. The van der Waals surface area contributed by atoms with Crippen molar-refractivity contribution in [2.45, 2.75) is 6.04 Å². The Balaban J connectivity index is 2.52. The predicted molar refractivity (Wildman–Crippen MR) is 69.6 cm³/mol. The van der Waals surface area contributed by atoms with Crippen LogP contribution in [0.5, 0.6) is 0 Å². The van der Waals surface area contributed by atoms with Gasteiger partial charge in [-0.25, -0.2) is 23.0 Å². The van der Waals surface area contributed by atoms with E-state index in [0.717, 1.165) is 18.2 Å². The van der Waals surface area contributed by atoms with E-state index in [1.54, 1.807) is 0 Å². The molecule has 0 fully saturated rings. The van der Waals surface area contributed by atoms with Crippen molar-refractivity contribution in [2.75, 3.05) is 0 Å². The van der Waals surface area contributed by atoms with E-state index >= 15 is 0 Å². The second kappa shape index (κ2) is 5.90. The van der Waals surface area contributed by atoms with E-state index in [1.165, 1.54) is 12.1 Å². The summed E-state index contributed by atoms with van der Waals surface area (Å²) in [5.41, 5.74) is 2.32. The van der Waals surface area contributed by atoms with E-state index in [4.69, 9.17) is 5.84 Å². The Labute approximate surface area is 120 Å². The molecule has 20 heavy (non-hydrogen) atoms. The maximum absolute atomic E-state index is 13.8. The van der Waals surface area contributed by atoms with Crippen molar-refractivity contribution >= 4 is 15.9 Å². The molecule has 3 N–H and O–H groups in total. The lowest BCUT2D eigenvalue weighted by Gasteiger charge is -2.18. The average Bonchev–Trinajstić information content (AvgIpc) is 2.43. The SMILES string of the molecule is NNC(c1ccc(Br)c(F)c1)c1ccc(F)c(F)c1F. The molecule has 0 aromatic heterocycles. The monoisotopic (exact) mass is 348 g/mol. The van der Waals surface area contributed by atoms with E-state index in [1.807, 2.05) is 0 Å². The maximum Gasteiger partial charge on any atom is 0.194 e. The average molecular weight is 349 g/mol. The Bertz CT molecular complexity index is 649.